The molecule has 4 aliphatic heterocycles. The van der Waals surface area contributed by atoms with E-state index in [9.17, 15) is 14.4 Å². The van der Waals surface area contributed by atoms with Crippen LogP contribution in [0.5, 0.6) is 0 Å². The molecule has 4 aliphatic rings. The second-order valence-corrected chi connectivity index (χ2v) is 10.7. The van der Waals surface area contributed by atoms with Crippen molar-refractivity contribution in [2.24, 2.45) is 11.8 Å². The first-order valence-corrected chi connectivity index (χ1v) is 13.1. The maximum absolute atomic E-state index is 12.9. The van der Waals surface area contributed by atoms with Crippen molar-refractivity contribution in [1.29, 1.82) is 0 Å². The minimum absolute atomic E-state index is 0.0670. The van der Waals surface area contributed by atoms with Gasteiger partial charge in [0.1, 0.15) is 0 Å². The van der Waals surface area contributed by atoms with E-state index in [0.29, 0.717) is 50.2 Å². The Labute approximate surface area is 196 Å². The molecule has 2 bridgehead atoms. The van der Waals surface area contributed by atoms with E-state index in [1.54, 1.807) is 6.07 Å². The molecule has 5 heterocycles. The SMILES string of the molecule is O=C(CCCC(=O)N1C[C@H]2C[C@@H](C1)c1cccc(=O)n1C2)NC[C@@H]1CCCN2CCCC[C@H]12. The number of nitrogens with one attached hydrogen (secondary N) is 1. The standard InChI is InChI=1S/C26H38N4O3/c31-24(27-15-20-6-5-13-28-12-2-1-7-22(20)28)9-4-10-25(32)29-16-19-14-21(18-29)23-8-3-11-26(33)30(23)17-19/h3,8,11,19-22H,1-2,4-7,9-10,12-18H2,(H,27,31)/t19-,20+,21+,22-/m1/s1. The van der Waals surface area contributed by atoms with E-state index in [1.807, 2.05) is 21.6 Å². The van der Waals surface area contributed by atoms with Gasteiger partial charge in [0.05, 0.1) is 0 Å². The molecule has 33 heavy (non-hydrogen) atoms. The molecule has 4 atom stereocenters. The maximum Gasteiger partial charge on any atom is 0.250 e. The van der Waals surface area contributed by atoms with Gasteiger partial charge in [-0.2, -0.15) is 0 Å². The van der Waals surface area contributed by atoms with Crippen LogP contribution in [0, 0.1) is 11.8 Å². The number of rotatable bonds is 6. The van der Waals surface area contributed by atoms with Crippen LogP contribution in [0.1, 0.15) is 69.4 Å². The Bertz CT molecular complexity index is 926. The topological polar surface area (TPSA) is 74.6 Å². The van der Waals surface area contributed by atoms with Gasteiger partial charge in [-0.1, -0.05) is 12.5 Å². The fraction of sp³-hybridized carbons (Fsp3) is 0.731. The molecule has 0 radical (unpaired) electrons. The number of nitrogens with zero attached hydrogens (tertiary/aromatic N) is 3. The van der Waals surface area contributed by atoms with Crippen LogP contribution in [0.15, 0.2) is 23.0 Å². The fourth-order valence-corrected chi connectivity index (χ4v) is 6.81. The van der Waals surface area contributed by atoms with Gasteiger partial charge in [-0.15, -0.1) is 0 Å². The Morgan fingerprint density at radius 1 is 1.00 bits per heavy atom. The molecule has 7 heteroatoms. The van der Waals surface area contributed by atoms with Crippen LogP contribution < -0.4 is 10.9 Å². The first-order chi connectivity index (χ1) is 16.1. The van der Waals surface area contributed by atoms with Gasteiger partial charge in [-0.25, -0.2) is 0 Å². The smallest absolute Gasteiger partial charge is 0.250 e. The lowest BCUT2D eigenvalue weighted by Gasteiger charge is -2.44. The zero-order chi connectivity index (χ0) is 22.8. The largest absolute Gasteiger partial charge is 0.356 e. The predicted octanol–water partition coefficient (Wildman–Crippen LogP) is 2.35. The molecule has 1 N–H and O–H groups in total. The second-order valence-electron chi connectivity index (χ2n) is 10.7. The first kappa shape index (κ1) is 22.6. The molecular weight excluding hydrogens is 416 g/mol. The highest BCUT2D eigenvalue weighted by molar-refractivity contribution is 5.79. The zero-order valence-electron chi connectivity index (χ0n) is 19.7. The summed E-state index contributed by atoms with van der Waals surface area (Å²) >= 11 is 0. The van der Waals surface area contributed by atoms with E-state index in [-0.39, 0.29) is 23.3 Å². The van der Waals surface area contributed by atoms with Crippen LogP contribution >= 0.6 is 0 Å². The normalized spacial score (nSPS) is 29.2. The van der Waals surface area contributed by atoms with Gasteiger partial charge in [-0.05, 0) is 69.5 Å². The molecule has 0 saturated carbocycles. The average molecular weight is 455 g/mol. The number of fused-ring (bicyclic) bond motifs is 5. The van der Waals surface area contributed by atoms with Crippen molar-refractivity contribution < 1.29 is 9.59 Å². The van der Waals surface area contributed by atoms with Crippen molar-refractivity contribution in [2.75, 3.05) is 32.7 Å². The average Bonchev–Trinajstić information content (AvgIpc) is 2.83. The van der Waals surface area contributed by atoms with E-state index >= 15 is 0 Å². The lowest BCUT2D eigenvalue weighted by atomic mass is 9.83. The van der Waals surface area contributed by atoms with Crippen LogP contribution in [-0.4, -0.2) is 64.9 Å². The Balaban J connectivity index is 1.05. The lowest BCUT2D eigenvalue weighted by Crippen LogP contribution is -2.51. The second kappa shape index (κ2) is 10.00. The number of carbonyl (C=O) groups is 2. The summed E-state index contributed by atoms with van der Waals surface area (Å²) in [5, 5.41) is 3.16. The highest BCUT2D eigenvalue weighted by atomic mass is 16.2. The number of likely N-dealkylation sites (tertiary alicyclic amines) is 1. The summed E-state index contributed by atoms with van der Waals surface area (Å²) < 4.78 is 1.89. The Morgan fingerprint density at radius 2 is 1.88 bits per heavy atom. The van der Waals surface area contributed by atoms with Gasteiger partial charge in [0.25, 0.3) is 5.56 Å². The zero-order valence-corrected chi connectivity index (χ0v) is 19.7. The Hall–Kier alpha value is -2.15. The van der Waals surface area contributed by atoms with Gasteiger partial charge in [0.2, 0.25) is 11.8 Å². The summed E-state index contributed by atoms with van der Waals surface area (Å²) in [6.07, 6.45) is 8.85. The third kappa shape index (κ3) is 5.03. The van der Waals surface area contributed by atoms with Crippen LogP contribution in [0.25, 0.3) is 0 Å². The van der Waals surface area contributed by atoms with Crippen LogP contribution in [-0.2, 0) is 16.1 Å². The van der Waals surface area contributed by atoms with Crippen molar-refractivity contribution in [2.45, 2.75) is 76.3 Å². The van der Waals surface area contributed by atoms with Crippen LogP contribution in [0.3, 0.4) is 0 Å². The fourth-order valence-electron chi connectivity index (χ4n) is 6.81. The number of amides is 2. The summed E-state index contributed by atoms with van der Waals surface area (Å²) in [5.74, 6) is 1.40. The number of pyridine rings is 1. The summed E-state index contributed by atoms with van der Waals surface area (Å²) in [5.41, 5.74) is 1.13. The molecule has 180 valence electrons. The summed E-state index contributed by atoms with van der Waals surface area (Å²) in [4.78, 5) is 42.1. The lowest BCUT2D eigenvalue weighted by molar-refractivity contribution is -0.134. The minimum Gasteiger partial charge on any atom is -0.356 e. The number of hydrogen-bond acceptors (Lipinski definition) is 4. The molecule has 0 unspecified atom stereocenters. The van der Waals surface area contributed by atoms with Crippen molar-refractivity contribution >= 4 is 11.8 Å². The van der Waals surface area contributed by atoms with Gasteiger partial charge in [-0.3, -0.25) is 14.4 Å². The molecule has 0 aliphatic carbocycles. The quantitative estimate of drug-likeness (QED) is 0.716. The van der Waals surface area contributed by atoms with E-state index in [4.69, 9.17) is 0 Å². The van der Waals surface area contributed by atoms with Gasteiger partial charge in [0, 0.05) is 62.7 Å². The molecule has 7 nitrogen and oxygen atoms in total. The molecule has 0 spiro atoms. The maximum atomic E-state index is 12.9. The van der Waals surface area contributed by atoms with Crippen molar-refractivity contribution in [3.63, 3.8) is 0 Å². The number of piperidine rings is 3. The molecule has 1 aromatic heterocycles. The number of aromatic nitrogens is 1. The Kier molecular flexibility index (Phi) is 6.86. The molecule has 5 rings (SSSR count). The molecule has 3 saturated heterocycles. The molecular formula is C26H38N4O3. The van der Waals surface area contributed by atoms with Gasteiger partial charge < -0.3 is 19.7 Å². The van der Waals surface area contributed by atoms with E-state index in [0.717, 1.165) is 25.2 Å². The number of hydrogen-bond donors (Lipinski definition) is 1. The minimum atomic E-state index is 0.0670. The monoisotopic (exact) mass is 454 g/mol. The Morgan fingerprint density at radius 3 is 2.79 bits per heavy atom. The third-order valence-corrected chi connectivity index (χ3v) is 8.42. The van der Waals surface area contributed by atoms with Crippen LogP contribution in [0.4, 0.5) is 0 Å². The molecule has 1 aromatic rings. The van der Waals surface area contributed by atoms with Crippen molar-refractivity contribution in [3.8, 4) is 0 Å². The highest BCUT2D eigenvalue weighted by Crippen LogP contribution is 2.35. The van der Waals surface area contributed by atoms with Crippen LogP contribution in [0.2, 0.25) is 0 Å². The molecule has 0 aromatic carbocycles. The van der Waals surface area contributed by atoms with E-state index < -0.39 is 0 Å². The molecule has 2 amide bonds. The van der Waals surface area contributed by atoms with Crippen molar-refractivity contribution in [1.82, 2.24) is 19.7 Å². The van der Waals surface area contributed by atoms with Crippen molar-refractivity contribution in [3.05, 3.63) is 34.2 Å². The number of carbonyl (C=O) groups excluding carboxylic acids is 2. The predicted molar refractivity (Wildman–Crippen MR) is 127 cm³/mol. The van der Waals surface area contributed by atoms with E-state index in [1.165, 1.54) is 45.2 Å². The summed E-state index contributed by atoms with van der Waals surface area (Å²) in [7, 11) is 0. The van der Waals surface area contributed by atoms with Gasteiger partial charge in [0.15, 0.2) is 0 Å². The summed E-state index contributed by atoms with van der Waals surface area (Å²) in [6.45, 7) is 5.33. The first-order valence-electron chi connectivity index (χ1n) is 13.1. The van der Waals surface area contributed by atoms with Gasteiger partial charge >= 0.3 is 0 Å². The third-order valence-electron chi connectivity index (χ3n) is 8.42. The van der Waals surface area contributed by atoms with E-state index in [2.05, 4.69) is 10.2 Å². The summed E-state index contributed by atoms with van der Waals surface area (Å²) in [6, 6.07) is 6.12. The molecule has 3 fully saturated rings. The highest BCUT2D eigenvalue weighted by Gasteiger charge is 2.36.